The van der Waals surface area contributed by atoms with E-state index >= 15 is 0 Å². The zero-order chi connectivity index (χ0) is 14.8. The van der Waals surface area contributed by atoms with Crippen LogP contribution in [0.2, 0.25) is 0 Å². The molecular weight excluding hydrogens is 288 g/mol. The van der Waals surface area contributed by atoms with E-state index in [0.29, 0.717) is 0 Å². The van der Waals surface area contributed by atoms with Gasteiger partial charge >= 0.3 is 0 Å². The third-order valence-electron chi connectivity index (χ3n) is 3.40. The average molecular weight is 303 g/mol. The van der Waals surface area contributed by atoms with Gasteiger partial charge in [-0.05, 0) is 47.8 Å². The van der Waals surface area contributed by atoms with Crippen molar-refractivity contribution in [2.75, 3.05) is 6.54 Å². The summed E-state index contributed by atoms with van der Waals surface area (Å²) in [6.45, 7) is 2.83. The largest absolute Gasteiger partial charge is 0.306 e. The van der Waals surface area contributed by atoms with Gasteiger partial charge in [0.2, 0.25) is 0 Å². The molecule has 0 aliphatic heterocycles. The van der Waals surface area contributed by atoms with Crippen LogP contribution in [0, 0.1) is 11.6 Å². The molecule has 0 amide bonds. The molecule has 0 radical (unpaired) electrons. The highest BCUT2D eigenvalue weighted by Gasteiger charge is 2.16. The molecule has 0 aliphatic rings. The van der Waals surface area contributed by atoms with Crippen molar-refractivity contribution < 1.29 is 8.78 Å². The van der Waals surface area contributed by atoms with Crippen LogP contribution >= 0.6 is 11.3 Å². The number of thiophene rings is 1. The average Bonchev–Trinajstić information content (AvgIpc) is 2.88. The van der Waals surface area contributed by atoms with Gasteiger partial charge in [0.05, 0.1) is 6.04 Å². The third-order valence-corrected chi connectivity index (χ3v) is 4.56. The normalized spacial score (nSPS) is 12.7. The summed E-state index contributed by atoms with van der Waals surface area (Å²) in [5.74, 6) is -0.468. The van der Waals surface area contributed by atoms with Crippen LogP contribution in [0.3, 0.4) is 0 Å². The van der Waals surface area contributed by atoms with Crippen LogP contribution < -0.4 is 5.32 Å². The molecule has 3 rings (SSSR count). The highest BCUT2D eigenvalue weighted by Crippen LogP contribution is 2.33. The van der Waals surface area contributed by atoms with E-state index in [4.69, 9.17) is 0 Å². The molecule has 0 bridgehead atoms. The molecule has 1 N–H and O–H groups in total. The molecule has 0 aliphatic carbocycles. The van der Waals surface area contributed by atoms with E-state index in [2.05, 4.69) is 11.4 Å². The Morgan fingerprint density at radius 3 is 2.43 bits per heavy atom. The summed E-state index contributed by atoms with van der Waals surface area (Å²) in [5.41, 5.74) is 1.00. The van der Waals surface area contributed by atoms with Gasteiger partial charge in [-0.15, -0.1) is 11.3 Å². The van der Waals surface area contributed by atoms with Crippen LogP contribution in [-0.2, 0) is 0 Å². The van der Waals surface area contributed by atoms with Crippen LogP contribution in [-0.4, -0.2) is 6.54 Å². The van der Waals surface area contributed by atoms with Gasteiger partial charge in [0.1, 0.15) is 11.6 Å². The second-order valence-electron chi connectivity index (χ2n) is 4.87. The Kier molecular flexibility index (Phi) is 3.99. The Hall–Kier alpha value is -1.78. The number of rotatable bonds is 4. The molecule has 0 spiro atoms. The number of hydrogen-bond donors (Lipinski definition) is 1. The van der Waals surface area contributed by atoms with E-state index < -0.39 is 0 Å². The van der Waals surface area contributed by atoms with Crippen LogP contribution in [0.5, 0.6) is 0 Å². The maximum atomic E-state index is 13.3. The molecule has 0 saturated carbocycles. The van der Waals surface area contributed by atoms with Crippen molar-refractivity contribution in [2.45, 2.75) is 13.0 Å². The van der Waals surface area contributed by atoms with Gasteiger partial charge in [-0.1, -0.05) is 25.1 Å². The van der Waals surface area contributed by atoms with Crippen LogP contribution in [0.25, 0.3) is 10.1 Å². The van der Waals surface area contributed by atoms with Crippen molar-refractivity contribution in [3.05, 3.63) is 70.6 Å². The maximum Gasteiger partial charge on any atom is 0.124 e. The minimum atomic E-state index is -0.243. The van der Waals surface area contributed by atoms with E-state index in [1.54, 1.807) is 35.6 Å². The van der Waals surface area contributed by atoms with Crippen molar-refractivity contribution in [1.29, 1.82) is 0 Å². The lowest BCUT2D eigenvalue weighted by atomic mass is 10.0. The Bertz CT molecular complexity index is 749. The Morgan fingerprint density at radius 1 is 1.00 bits per heavy atom. The molecule has 3 aromatic rings. The lowest BCUT2D eigenvalue weighted by Gasteiger charge is -2.16. The van der Waals surface area contributed by atoms with Gasteiger partial charge in [-0.2, -0.15) is 0 Å². The minimum absolute atomic E-state index is 0.00365. The molecule has 0 saturated heterocycles. The SMILES string of the molecule is CCNC(c1ccc(F)cc1)c1cc2ccc(F)cc2s1. The van der Waals surface area contributed by atoms with Crippen molar-refractivity contribution in [2.24, 2.45) is 0 Å². The van der Waals surface area contributed by atoms with Crippen LogP contribution in [0.15, 0.2) is 48.5 Å². The Balaban J connectivity index is 2.04. The highest BCUT2D eigenvalue weighted by atomic mass is 32.1. The first-order chi connectivity index (χ1) is 10.2. The predicted molar refractivity (Wildman–Crippen MR) is 83.7 cm³/mol. The fourth-order valence-electron chi connectivity index (χ4n) is 2.41. The van der Waals surface area contributed by atoms with Gasteiger partial charge in [0.25, 0.3) is 0 Å². The first-order valence-electron chi connectivity index (χ1n) is 6.85. The van der Waals surface area contributed by atoms with E-state index in [0.717, 1.165) is 27.1 Å². The van der Waals surface area contributed by atoms with Crippen molar-refractivity contribution in [1.82, 2.24) is 5.32 Å². The summed E-state index contributed by atoms with van der Waals surface area (Å²) >= 11 is 1.56. The first-order valence-corrected chi connectivity index (χ1v) is 7.67. The number of halogens is 2. The second-order valence-corrected chi connectivity index (χ2v) is 5.99. The summed E-state index contributed by atoms with van der Waals surface area (Å²) < 4.78 is 27.3. The molecule has 2 aromatic carbocycles. The Labute approximate surface area is 126 Å². The zero-order valence-corrected chi connectivity index (χ0v) is 12.4. The summed E-state index contributed by atoms with van der Waals surface area (Å²) in [5, 5.41) is 4.43. The van der Waals surface area contributed by atoms with Crippen molar-refractivity contribution >= 4 is 21.4 Å². The maximum absolute atomic E-state index is 13.3. The molecule has 1 unspecified atom stereocenters. The number of nitrogens with one attached hydrogen (secondary N) is 1. The number of benzene rings is 2. The van der Waals surface area contributed by atoms with Crippen LogP contribution in [0.4, 0.5) is 8.78 Å². The first kappa shape index (κ1) is 14.2. The lowest BCUT2D eigenvalue weighted by molar-refractivity contribution is 0.617. The molecule has 1 heterocycles. The predicted octanol–water partition coefficient (Wildman–Crippen LogP) is 4.88. The lowest BCUT2D eigenvalue weighted by Crippen LogP contribution is -2.20. The second kappa shape index (κ2) is 5.92. The molecule has 1 atom stereocenters. The van der Waals surface area contributed by atoms with E-state index in [-0.39, 0.29) is 17.7 Å². The Morgan fingerprint density at radius 2 is 1.71 bits per heavy atom. The van der Waals surface area contributed by atoms with Gasteiger partial charge in [-0.25, -0.2) is 8.78 Å². The summed E-state index contributed by atoms with van der Waals surface area (Å²) in [6, 6.07) is 13.4. The number of fused-ring (bicyclic) bond motifs is 1. The third kappa shape index (κ3) is 2.96. The molecule has 4 heteroatoms. The zero-order valence-electron chi connectivity index (χ0n) is 11.6. The molecule has 1 aromatic heterocycles. The van der Waals surface area contributed by atoms with E-state index in [9.17, 15) is 8.78 Å². The standard InChI is InChI=1S/C17H15F2NS/c1-2-20-17(11-3-6-13(18)7-4-11)16-9-12-5-8-14(19)10-15(12)21-16/h3-10,17,20H,2H2,1H3. The van der Waals surface area contributed by atoms with Gasteiger partial charge < -0.3 is 5.32 Å². The highest BCUT2D eigenvalue weighted by molar-refractivity contribution is 7.19. The minimum Gasteiger partial charge on any atom is -0.306 e. The monoisotopic (exact) mass is 303 g/mol. The van der Waals surface area contributed by atoms with Gasteiger partial charge in [0, 0.05) is 9.58 Å². The van der Waals surface area contributed by atoms with Gasteiger partial charge in [-0.3, -0.25) is 0 Å². The fraction of sp³-hybridized carbons (Fsp3) is 0.176. The molecule has 21 heavy (non-hydrogen) atoms. The smallest absolute Gasteiger partial charge is 0.124 e. The molecule has 108 valence electrons. The van der Waals surface area contributed by atoms with Crippen molar-refractivity contribution in [3.8, 4) is 0 Å². The molecular formula is C17H15F2NS. The molecule has 0 fully saturated rings. The molecule has 1 nitrogen and oxygen atoms in total. The summed E-state index contributed by atoms with van der Waals surface area (Å²) in [4.78, 5) is 1.10. The van der Waals surface area contributed by atoms with Crippen LogP contribution in [0.1, 0.15) is 23.4 Å². The summed E-state index contributed by atoms with van der Waals surface area (Å²) in [7, 11) is 0. The van der Waals surface area contributed by atoms with Gasteiger partial charge in [0.15, 0.2) is 0 Å². The van der Waals surface area contributed by atoms with E-state index in [1.165, 1.54) is 18.2 Å². The summed E-state index contributed by atoms with van der Waals surface area (Å²) in [6.07, 6.45) is 0. The quantitative estimate of drug-likeness (QED) is 0.724. The van der Waals surface area contributed by atoms with E-state index in [1.807, 2.05) is 6.92 Å². The topological polar surface area (TPSA) is 12.0 Å². The number of hydrogen-bond acceptors (Lipinski definition) is 2. The van der Waals surface area contributed by atoms with Crippen molar-refractivity contribution in [3.63, 3.8) is 0 Å². The fourth-order valence-corrected chi connectivity index (χ4v) is 3.60.